The SMILES string of the molecule is Cc1ccc(OCC(=O)NC23CC(CC(=O)[C@@H]4CC(=O)c5cc(Cl)ccc5O4)(C2)C3)cc1F. The van der Waals surface area contributed by atoms with Crippen LogP contribution in [0.4, 0.5) is 4.39 Å². The van der Waals surface area contributed by atoms with E-state index in [1.807, 2.05) is 0 Å². The van der Waals surface area contributed by atoms with Gasteiger partial charge < -0.3 is 14.8 Å². The maximum absolute atomic E-state index is 13.6. The lowest BCUT2D eigenvalue weighted by Gasteiger charge is -2.70. The van der Waals surface area contributed by atoms with E-state index < -0.39 is 6.10 Å². The van der Waals surface area contributed by atoms with Crippen molar-refractivity contribution < 1.29 is 28.2 Å². The summed E-state index contributed by atoms with van der Waals surface area (Å²) in [6.07, 6.45) is 1.69. The zero-order valence-electron chi connectivity index (χ0n) is 18.1. The average molecular weight is 472 g/mol. The van der Waals surface area contributed by atoms with Crippen LogP contribution in [0.5, 0.6) is 11.5 Å². The largest absolute Gasteiger partial charge is 0.484 e. The van der Waals surface area contributed by atoms with Crippen LogP contribution in [-0.4, -0.2) is 35.7 Å². The molecular formula is C25H23ClFNO5. The van der Waals surface area contributed by atoms with E-state index in [9.17, 15) is 18.8 Å². The number of aryl methyl sites for hydroxylation is 1. The molecule has 0 radical (unpaired) electrons. The summed E-state index contributed by atoms with van der Waals surface area (Å²) in [5, 5.41) is 3.44. The number of nitrogens with one attached hydrogen (secondary N) is 1. The molecule has 2 aromatic rings. The highest BCUT2D eigenvalue weighted by molar-refractivity contribution is 6.31. The summed E-state index contributed by atoms with van der Waals surface area (Å²) < 4.78 is 24.8. The summed E-state index contributed by atoms with van der Waals surface area (Å²) in [6.45, 7) is 1.46. The van der Waals surface area contributed by atoms with E-state index in [2.05, 4.69) is 5.32 Å². The predicted octanol–water partition coefficient (Wildman–Crippen LogP) is 4.20. The van der Waals surface area contributed by atoms with E-state index in [-0.39, 0.29) is 47.3 Å². The highest BCUT2D eigenvalue weighted by atomic mass is 35.5. The van der Waals surface area contributed by atoms with Crippen LogP contribution in [-0.2, 0) is 9.59 Å². The molecule has 3 saturated carbocycles. The first-order chi connectivity index (χ1) is 15.7. The Labute approximate surface area is 195 Å². The Morgan fingerprint density at radius 1 is 1.21 bits per heavy atom. The van der Waals surface area contributed by atoms with E-state index >= 15 is 0 Å². The van der Waals surface area contributed by atoms with Crippen LogP contribution in [0.1, 0.15) is 48.0 Å². The maximum Gasteiger partial charge on any atom is 0.258 e. The minimum Gasteiger partial charge on any atom is -0.484 e. The van der Waals surface area contributed by atoms with Gasteiger partial charge in [0.15, 0.2) is 24.3 Å². The van der Waals surface area contributed by atoms with E-state index in [0.717, 1.165) is 0 Å². The maximum atomic E-state index is 13.6. The quantitative estimate of drug-likeness (QED) is 0.654. The van der Waals surface area contributed by atoms with Crippen molar-refractivity contribution in [1.82, 2.24) is 5.32 Å². The molecule has 3 aliphatic carbocycles. The van der Waals surface area contributed by atoms with Crippen molar-refractivity contribution in [1.29, 1.82) is 0 Å². The molecule has 1 aliphatic heterocycles. The first-order valence-electron chi connectivity index (χ1n) is 10.9. The van der Waals surface area contributed by atoms with Gasteiger partial charge in [-0.25, -0.2) is 4.39 Å². The number of hydrogen-bond donors (Lipinski definition) is 1. The summed E-state index contributed by atoms with van der Waals surface area (Å²) in [6, 6.07) is 9.29. The lowest BCUT2D eigenvalue weighted by molar-refractivity contribution is -0.175. The minimum absolute atomic E-state index is 0.0150. The molecule has 0 saturated heterocycles. The van der Waals surface area contributed by atoms with Crippen molar-refractivity contribution in [2.45, 2.75) is 50.7 Å². The second kappa shape index (κ2) is 7.83. The Bertz CT molecular complexity index is 1160. The molecule has 6 nitrogen and oxygen atoms in total. The minimum atomic E-state index is -0.783. The topological polar surface area (TPSA) is 81.7 Å². The van der Waals surface area contributed by atoms with Gasteiger partial charge in [-0.2, -0.15) is 0 Å². The number of fused-ring (bicyclic) bond motifs is 1. The van der Waals surface area contributed by atoms with Gasteiger partial charge in [0.2, 0.25) is 0 Å². The number of benzene rings is 2. The Morgan fingerprint density at radius 3 is 2.70 bits per heavy atom. The van der Waals surface area contributed by atoms with Gasteiger partial charge in [0, 0.05) is 23.0 Å². The fraction of sp³-hybridized carbons (Fsp3) is 0.400. The number of Topliss-reactive ketones (excluding diaryl/α,β-unsaturated/α-hetero) is 2. The van der Waals surface area contributed by atoms with Crippen LogP contribution in [0.2, 0.25) is 5.02 Å². The van der Waals surface area contributed by atoms with E-state index in [4.69, 9.17) is 21.1 Å². The van der Waals surface area contributed by atoms with Crippen molar-refractivity contribution >= 4 is 29.1 Å². The molecule has 2 bridgehead atoms. The van der Waals surface area contributed by atoms with Gasteiger partial charge in [0.1, 0.15) is 17.3 Å². The Balaban J connectivity index is 1.10. The number of halogens is 2. The molecule has 0 aromatic heterocycles. The third kappa shape index (κ3) is 4.10. The molecule has 0 unspecified atom stereocenters. The van der Waals surface area contributed by atoms with Crippen LogP contribution < -0.4 is 14.8 Å². The molecule has 1 amide bonds. The molecule has 0 spiro atoms. The Morgan fingerprint density at radius 2 is 1.97 bits per heavy atom. The van der Waals surface area contributed by atoms with Crippen LogP contribution in [0.15, 0.2) is 36.4 Å². The van der Waals surface area contributed by atoms with Crippen molar-refractivity contribution in [3.8, 4) is 11.5 Å². The highest BCUT2D eigenvalue weighted by Gasteiger charge is 2.68. The third-order valence-corrected chi connectivity index (χ3v) is 7.08. The second-order valence-electron chi connectivity index (χ2n) is 9.58. The van der Waals surface area contributed by atoms with Crippen LogP contribution >= 0.6 is 11.6 Å². The molecule has 1 atom stereocenters. The summed E-state index contributed by atoms with van der Waals surface area (Å²) in [4.78, 5) is 37.6. The number of ketones is 2. The third-order valence-electron chi connectivity index (χ3n) is 6.85. The van der Waals surface area contributed by atoms with Gasteiger partial charge in [0.25, 0.3) is 5.91 Å². The Kier molecular flexibility index (Phi) is 5.20. The van der Waals surface area contributed by atoms with Gasteiger partial charge in [-0.3, -0.25) is 14.4 Å². The van der Waals surface area contributed by atoms with Crippen LogP contribution in [0.25, 0.3) is 0 Å². The second-order valence-corrected chi connectivity index (χ2v) is 10.0. The molecule has 172 valence electrons. The zero-order chi connectivity index (χ0) is 23.4. The normalized spacial score (nSPS) is 26.9. The lowest BCUT2D eigenvalue weighted by atomic mass is 9.38. The highest BCUT2D eigenvalue weighted by Crippen LogP contribution is 2.69. The van der Waals surface area contributed by atoms with Gasteiger partial charge in [0.05, 0.1) is 12.0 Å². The molecule has 3 fully saturated rings. The van der Waals surface area contributed by atoms with Crippen LogP contribution in [0, 0.1) is 18.2 Å². The van der Waals surface area contributed by atoms with Crippen molar-refractivity contribution in [2.75, 3.05) is 6.61 Å². The number of ether oxygens (including phenoxy) is 2. The molecule has 2 aromatic carbocycles. The van der Waals surface area contributed by atoms with Crippen molar-refractivity contribution in [3.63, 3.8) is 0 Å². The van der Waals surface area contributed by atoms with E-state index in [0.29, 0.717) is 53.3 Å². The van der Waals surface area contributed by atoms with Gasteiger partial charge in [-0.05, 0) is 61.4 Å². The van der Waals surface area contributed by atoms with Crippen molar-refractivity contribution in [3.05, 3.63) is 58.4 Å². The van der Waals surface area contributed by atoms with E-state index in [1.165, 1.54) is 6.07 Å². The monoisotopic (exact) mass is 471 g/mol. The standard InChI is InChI=1S/C25H23ClFNO5/c1-14-2-4-16(7-18(14)27)32-10-23(31)28-25-11-24(12-25,13-25)9-20(30)22-8-19(29)17-6-15(26)3-5-21(17)33-22/h2-7,22H,8-13H2,1H3,(H,28,31)/t22-,24?,25?/m0/s1. The molecule has 1 heterocycles. The number of rotatable bonds is 7. The summed E-state index contributed by atoms with van der Waals surface area (Å²) in [5.41, 5.74) is 0.482. The van der Waals surface area contributed by atoms with Gasteiger partial charge in [-0.15, -0.1) is 0 Å². The molecule has 6 rings (SSSR count). The first-order valence-corrected chi connectivity index (χ1v) is 11.3. The zero-order valence-corrected chi connectivity index (χ0v) is 18.8. The lowest BCUT2D eigenvalue weighted by Crippen LogP contribution is -2.75. The summed E-state index contributed by atoms with van der Waals surface area (Å²) in [5.74, 6) is -0.190. The Hall–Kier alpha value is -2.93. The van der Waals surface area contributed by atoms with Crippen LogP contribution in [0.3, 0.4) is 0 Å². The average Bonchev–Trinajstić information content (AvgIpc) is 2.72. The number of carbonyl (C=O) groups excluding carboxylic acids is 3. The molecular weight excluding hydrogens is 449 g/mol. The van der Waals surface area contributed by atoms with Gasteiger partial charge in [-0.1, -0.05) is 17.7 Å². The van der Waals surface area contributed by atoms with E-state index in [1.54, 1.807) is 37.3 Å². The van der Waals surface area contributed by atoms with Gasteiger partial charge >= 0.3 is 0 Å². The summed E-state index contributed by atoms with van der Waals surface area (Å²) in [7, 11) is 0. The van der Waals surface area contributed by atoms with Crippen molar-refractivity contribution in [2.24, 2.45) is 5.41 Å². The molecule has 4 aliphatic rings. The molecule has 1 N–H and O–H groups in total. The fourth-order valence-corrected chi connectivity index (χ4v) is 5.59. The molecule has 33 heavy (non-hydrogen) atoms. The number of amides is 1. The smallest absolute Gasteiger partial charge is 0.258 e. The number of carbonyl (C=O) groups is 3. The number of hydrogen-bond acceptors (Lipinski definition) is 5. The molecule has 8 heteroatoms. The summed E-state index contributed by atoms with van der Waals surface area (Å²) >= 11 is 5.94. The first kappa shape index (κ1) is 21.9. The fourth-order valence-electron chi connectivity index (χ4n) is 5.42. The predicted molar refractivity (Wildman–Crippen MR) is 118 cm³/mol.